The maximum Gasteiger partial charge on any atom is 0.204 e. The van der Waals surface area contributed by atoms with Gasteiger partial charge in [-0.3, -0.25) is 0 Å². The van der Waals surface area contributed by atoms with Crippen LogP contribution in [0.3, 0.4) is 0 Å². The second-order valence-electron chi connectivity index (χ2n) is 2.35. The van der Waals surface area contributed by atoms with Crippen LogP contribution in [0.1, 0.15) is 0 Å². The number of methoxy groups -OCH3 is 3. The van der Waals surface area contributed by atoms with E-state index in [2.05, 4.69) is 12.6 Å². The van der Waals surface area contributed by atoms with Crippen LogP contribution in [0.5, 0.6) is 17.2 Å². The molecule has 0 bridgehead atoms. The first kappa shape index (κ1) is 13.6. The second-order valence-corrected chi connectivity index (χ2v) is 2.84. The van der Waals surface area contributed by atoms with Gasteiger partial charge in [-0.25, -0.2) is 0 Å². The van der Waals surface area contributed by atoms with Gasteiger partial charge in [-0.1, -0.05) is 0 Å². The van der Waals surface area contributed by atoms with Crippen molar-refractivity contribution in [3.8, 4) is 17.2 Å². The van der Waals surface area contributed by atoms with Gasteiger partial charge in [0.2, 0.25) is 5.75 Å². The van der Waals surface area contributed by atoms with Gasteiger partial charge in [-0.2, -0.15) is 0 Å². The summed E-state index contributed by atoms with van der Waals surface area (Å²) >= 11 is 4.23. The zero-order valence-electron chi connectivity index (χ0n) is 8.53. The quantitative estimate of drug-likeness (QED) is 0.669. The van der Waals surface area contributed by atoms with Gasteiger partial charge < -0.3 is 14.2 Å². The van der Waals surface area contributed by atoms with Gasteiger partial charge in [-0.15, -0.1) is 12.6 Å². The maximum atomic E-state index is 5.14. The van der Waals surface area contributed by atoms with Crippen molar-refractivity contribution < 1.29 is 33.7 Å². The molecule has 0 aliphatic rings. The van der Waals surface area contributed by atoms with Gasteiger partial charge in [0.15, 0.2) is 11.5 Å². The van der Waals surface area contributed by atoms with Crippen molar-refractivity contribution in [2.75, 3.05) is 21.3 Å². The summed E-state index contributed by atoms with van der Waals surface area (Å²) in [6.07, 6.45) is 0. The molecule has 1 aromatic rings. The number of rotatable bonds is 3. The first-order chi connectivity index (χ1) is 6.24. The van der Waals surface area contributed by atoms with Crippen LogP contribution in [0.15, 0.2) is 17.0 Å². The molecule has 0 heterocycles. The van der Waals surface area contributed by atoms with Crippen LogP contribution >= 0.6 is 12.6 Å². The number of benzene rings is 1. The molecule has 0 saturated carbocycles. The fourth-order valence-corrected chi connectivity index (χ4v) is 1.35. The van der Waals surface area contributed by atoms with Crippen LogP contribution < -0.4 is 14.2 Å². The predicted molar refractivity (Wildman–Crippen MR) is 53.4 cm³/mol. The van der Waals surface area contributed by atoms with Crippen LogP contribution in [-0.4, -0.2) is 21.3 Å². The second kappa shape index (κ2) is 6.15. The summed E-state index contributed by atoms with van der Waals surface area (Å²) in [5, 5.41) is 0. The normalized spacial score (nSPS) is 8.86. The topological polar surface area (TPSA) is 27.7 Å². The first-order valence-corrected chi connectivity index (χ1v) is 4.17. The molecule has 0 fully saturated rings. The minimum absolute atomic E-state index is 0. The summed E-state index contributed by atoms with van der Waals surface area (Å²) in [4.78, 5) is 0.722. The van der Waals surface area contributed by atoms with Crippen molar-refractivity contribution in [3.05, 3.63) is 12.1 Å². The van der Waals surface area contributed by atoms with E-state index in [1.807, 2.05) is 0 Å². The molecule has 14 heavy (non-hydrogen) atoms. The van der Waals surface area contributed by atoms with E-state index < -0.39 is 0 Å². The zero-order valence-corrected chi connectivity index (χ0v) is 12.4. The van der Waals surface area contributed by atoms with Crippen LogP contribution in [0.2, 0.25) is 0 Å². The van der Waals surface area contributed by atoms with Crippen molar-refractivity contribution in [1.29, 1.82) is 0 Å². The summed E-state index contributed by atoms with van der Waals surface area (Å²) in [6, 6.07) is 3.58. The first-order valence-electron chi connectivity index (χ1n) is 3.72. The van der Waals surface area contributed by atoms with Gasteiger partial charge in [0.05, 0.1) is 26.2 Å². The molecule has 0 N–H and O–H groups in total. The Balaban J connectivity index is 0.00000169. The Kier molecular flexibility index (Phi) is 5.97. The van der Waals surface area contributed by atoms with Gasteiger partial charge in [0.1, 0.15) is 0 Å². The van der Waals surface area contributed by atoms with Crippen molar-refractivity contribution in [1.82, 2.24) is 0 Å². The molecule has 0 unspecified atom stereocenters. The van der Waals surface area contributed by atoms with E-state index in [0.29, 0.717) is 17.2 Å². The number of ether oxygens (including phenoxy) is 3. The number of hydrogen-bond acceptors (Lipinski definition) is 4. The Labute approximate surface area is 102 Å². The van der Waals surface area contributed by atoms with Gasteiger partial charge >= 0.3 is 0 Å². The maximum absolute atomic E-state index is 5.14. The average molecular weight is 266 g/mol. The Morgan fingerprint density at radius 3 is 1.93 bits per heavy atom. The van der Waals surface area contributed by atoms with Crippen molar-refractivity contribution in [3.63, 3.8) is 0 Å². The van der Waals surface area contributed by atoms with Crippen LogP contribution in [0, 0.1) is 0 Å². The molecule has 1 aromatic carbocycles. The summed E-state index contributed by atoms with van der Waals surface area (Å²) < 4.78 is 15.4. The molecule has 0 amide bonds. The molecule has 0 radical (unpaired) electrons. The summed E-state index contributed by atoms with van der Waals surface area (Å²) in [6.45, 7) is 0. The van der Waals surface area contributed by atoms with Crippen molar-refractivity contribution in [2.24, 2.45) is 0 Å². The molecule has 1 rings (SSSR count). The Bertz CT molecular complexity index is 304. The molecule has 3 nitrogen and oxygen atoms in total. The van der Waals surface area contributed by atoms with Crippen LogP contribution in [-0.2, 0) is 19.5 Å². The Hall–Kier alpha value is -0.407. The third kappa shape index (κ3) is 2.55. The third-order valence-electron chi connectivity index (χ3n) is 1.68. The van der Waals surface area contributed by atoms with E-state index in [1.54, 1.807) is 33.5 Å². The van der Waals surface area contributed by atoms with Gasteiger partial charge in [-0.05, 0) is 12.1 Å². The van der Waals surface area contributed by atoms with Crippen molar-refractivity contribution in [2.45, 2.75) is 4.90 Å². The minimum Gasteiger partial charge on any atom is -0.493 e. The standard InChI is InChI=1S/C9H12O3S.Zn/c1-10-6-4-5-7(13)9(12-3)8(6)11-2;/h4-5,13H,1-3H3;. The van der Waals surface area contributed by atoms with Gasteiger partial charge in [0.25, 0.3) is 0 Å². The van der Waals surface area contributed by atoms with E-state index in [1.165, 1.54) is 0 Å². The minimum atomic E-state index is 0. The molecule has 0 aliphatic carbocycles. The fraction of sp³-hybridized carbons (Fsp3) is 0.333. The zero-order chi connectivity index (χ0) is 9.84. The molecule has 0 spiro atoms. The Morgan fingerprint density at radius 1 is 0.929 bits per heavy atom. The monoisotopic (exact) mass is 264 g/mol. The molecule has 5 heteroatoms. The van der Waals surface area contributed by atoms with Gasteiger partial charge in [0, 0.05) is 19.5 Å². The van der Waals surface area contributed by atoms with Crippen LogP contribution in [0.25, 0.3) is 0 Å². The summed E-state index contributed by atoms with van der Waals surface area (Å²) in [5.41, 5.74) is 0. The van der Waals surface area contributed by atoms with E-state index in [4.69, 9.17) is 14.2 Å². The fourth-order valence-electron chi connectivity index (χ4n) is 1.09. The summed E-state index contributed by atoms with van der Waals surface area (Å²) in [7, 11) is 4.71. The van der Waals surface area contributed by atoms with Crippen LogP contribution in [0.4, 0.5) is 0 Å². The number of thiol groups is 1. The molecular formula is C9H12O3SZn. The Morgan fingerprint density at radius 2 is 1.50 bits per heavy atom. The van der Waals surface area contributed by atoms with E-state index in [0.717, 1.165) is 4.90 Å². The average Bonchev–Trinajstić information content (AvgIpc) is 2.17. The van der Waals surface area contributed by atoms with E-state index in [-0.39, 0.29) is 19.5 Å². The molecule has 0 atom stereocenters. The molecule has 0 saturated heterocycles. The molecule has 0 aliphatic heterocycles. The predicted octanol–water partition coefficient (Wildman–Crippen LogP) is 2.00. The van der Waals surface area contributed by atoms with Crippen molar-refractivity contribution >= 4 is 12.6 Å². The smallest absolute Gasteiger partial charge is 0.204 e. The molecule has 74 valence electrons. The van der Waals surface area contributed by atoms with E-state index >= 15 is 0 Å². The third-order valence-corrected chi connectivity index (χ3v) is 2.04. The van der Waals surface area contributed by atoms with E-state index in [9.17, 15) is 0 Å². The molecule has 0 aromatic heterocycles. The SMILES string of the molecule is COc1ccc(S)c(OC)c1OC.[Zn]. The largest absolute Gasteiger partial charge is 0.493 e. The summed E-state index contributed by atoms with van der Waals surface area (Å²) in [5.74, 6) is 1.79. The number of hydrogen-bond donors (Lipinski definition) is 1. The molecular weight excluding hydrogens is 254 g/mol.